The normalized spacial score (nSPS) is 12.5. The number of nitrogens with zero attached hydrogens (tertiary/aromatic N) is 1. The standard InChI is InChI=1S/C17H17N3O2S/c1-20(2)15(12-6-8-23-10-12)17(22)19-13-3-4-14-11(9-13)5-7-18-16(14)21/h3-10,15H,1-2H3,(H,18,21)(H,19,22). The summed E-state index contributed by atoms with van der Waals surface area (Å²) in [6, 6.07) is 8.69. The largest absolute Gasteiger partial charge is 0.329 e. The van der Waals surface area contributed by atoms with Crippen molar-refractivity contribution in [1.29, 1.82) is 0 Å². The van der Waals surface area contributed by atoms with E-state index in [0.717, 1.165) is 10.9 Å². The van der Waals surface area contributed by atoms with Gasteiger partial charge in [0.2, 0.25) is 5.91 Å². The summed E-state index contributed by atoms with van der Waals surface area (Å²) in [7, 11) is 3.75. The minimum Gasteiger partial charge on any atom is -0.329 e. The Kier molecular flexibility index (Phi) is 4.27. The zero-order chi connectivity index (χ0) is 16.4. The fourth-order valence-corrected chi connectivity index (χ4v) is 3.27. The van der Waals surface area contributed by atoms with Crippen LogP contribution in [0.5, 0.6) is 0 Å². The molecule has 1 atom stereocenters. The number of likely N-dealkylation sites (N-methyl/N-ethyl adjacent to an activating group) is 1. The van der Waals surface area contributed by atoms with Gasteiger partial charge in [0, 0.05) is 17.3 Å². The van der Waals surface area contributed by atoms with Crippen LogP contribution in [0, 0.1) is 0 Å². The van der Waals surface area contributed by atoms with E-state index in [1.165, 1.54) is 0 Å². The van der Waals surface area contributed by atoms with Gasteiger partial charge < -0.3 is 10.3 Å². The maximum Gasteiger partial charge on any atom is 0.255 e. The summed E-state index contributed by atoms with van der Waals surface area (Å²) in [5.41, 5.74) is 1.51. The van der Waals surface area contributed by atoms with Crippen molar-refractivity contribution < 1.29 is 4.79 Å². The monoisotopic (exact) mass is 327 g/mol. The summed E-state index contributed by atoms with van der Waals surface area (Å²) in [6.45, 7) is 0. The minimum absolute atomic E-state index is 0.0995. The number of aromatic amines is 1. The predicted molar refractivity (Wildman–Crippen MR) is 93.9 cm³/mol. The number of H-pyrrole nitrogens is 1. The molecule has 6 heteroatoms. The maximum absolute atomic E-state index is 12.6. The van der Waals surface area contributed by atoms with Crippen LogP contribution < -0.4 is 10.9 Å². The Morgan fingerprint density at radius 1 is 1.26 bits per heavy atom. The smallest absolute Gasteiger partial charge is 0.255 e. The van der Waals surface area contributed by atoms with E-state index in [9.17, 15) is 9.59 Å². The maximum atomic E-state index is 12.6. The molecule has 5 nitrogen and oxygen atoms in total. The number of carbonyl (C=O) groups is 1. The van der Waals surface area contributed by atoms with E-state index in [1.54, 1.807) is 29.7 Å². The average molecular weight is 327 g/mol. The van der Waals surface area contributed by atoms with Crippen LogP contribution >= 0.6 is 11.3 Å². The molecule has 3 aromatic rings. The van der Waals surface area contributed by atoms with Crippen LogP contribution in [0.1, 0.15) is 11.6 Å². The van der Waals surface area contributed by atoms with Gasteiger partial charge in [-0.15, -0.1) is 0 Å². The van der Waals surface area contributed by atoms with Crippen molar-refractivity contribution in [3.05, 3.63) is 63.2 Å². The molecule has 0 bridgehead atoms. The van der Waals surface area contributed by atoms with Crippen molar-refractivity contribution >= 4 is 33.7 Å². The molecule has 0 fully saturated rings. The second kappa shape index (κ2) is 6.36. The van der Waals surface area contributed by atoms with Crippen molar-refractivity contribution in [1.82, 2.24) is 9.88 Å². The van der Waals surface area contributed by atoms with Gasteiger partial charge in [-0.25, -0.2) is 0 Å². The number of benzene rings is 1. The lowest BCUT2D eigenvalue weighted by atomic mass is 10.1. The molecule has 118 valence electrons. The number of carbonyl (C=O) groups excluding carboxylic acids is 1. The van der Waals surface area contributed by atoms with Gasteiger partial charge in [0.25, 0.3) is 5.56 Å². The molecule has 0 aliphatic carbocycles. The summed E-state index contributed by atoms with van der Waals surface area (Å²) in [6.07, 6.45) is 1.60. The second-order valence-corrected chi connectivity index (χ2v) is 6.30. The first kappa shape index (κ1) is 15.5. The Morgan fingerprint density at radius 3 is 2.78 bits per heavy atom. The van der Waals surface area contributed by atoms with Gasteiger partial charge in [0.05, 0.1) is 0 Å². The molecule has 2 heterocycles. The van der Waals surface area contributed by atoms with E-state index in [4.69, 9.17) is 0 Å². The number of hydrogen-bond acceptors (Lipinski definition) is 4. The van der Waals surface area contributed by atoms with Gasteiger partial charge in [-0.05, 0) is 66.1 Å². The highest BCUT2D eigenvalue weighted by Gasteiger charge is 2.23. The Hall–Kier alpha value is -2.44. The molecule has 1 unspecified atom stereocenters. The lowest BCUT2D eigenvalue weighted by Gasteiger charge is -2.22. The van der Waals surface area contributed by atoms with Crippen molar-refractivity contribution in [3.8, 4) is 0 Å². The molecular formula is C17H17N3O2S. The van der Waals surface area contributed by atoms with Gasteiger partial charge in [-0.2, -0.15) is 11.3 Å². The quantitative estimate of drug-likeness (QED) is 0.774. The van der Waals surface area contributed by atoms with Gasteiger partial charge in [0.1, 0.15) is 6.04 Å². The van der Waals surface area contributed by atoms with Crippen molar-refractivity contribution in [2.75, 3.05) is 19.4 Å². The van der Waals surface area contributed by atoms with E-state index < -0.39 is 0 Å². The average Bonchev–Trinajstić information content (AvgIpc) is 3.01. The second-order valence-electron chi connectivity index (χ2n) is 5.52. The SMILES string of the molecule is CN(C)C(C(=O)Nc1ccc2c(=O)[nH]ccc2c1)c1ccsc1. The summed E-state index contributed by atoms with van der Waals surface area (Å²) >= 11 is 1.57. The number of anilines is 1. The van der Waals surface area contributed by atoms with Gasteiger partial charge >= 0.3 is 0 Å². The molecule has 1 amide bonds. The highest BCUT2D eigenvalue weighted by atomic mass is 32.1. The van der Waals surface area contributed by atoms with E-state index in [-0.39, 0.29) is 17.5 Å². The zero-order valence-electron chi connectivity index (χ0n) is 12.9. The molecule has 3 rings (SSSR count). The Balaban J connectivity index is 1.88. The summed E-state index contributed by atoms with van der Waals surface area (Å²) in [5.74, 6) is -0.0995. The molecular weight excluding hydrogens is 310 g/mol. The van der Waals surface area contributed by atoms with E-state index in [0.29, 0.717) is 11.1 Å². The van der Waals surface area contributed by atoms with Crippen LogP contribution in [-0.4, -0.2) is 29.9 Å². The number of aromatic nitrogens is 1. The predicted octanol–water partition coefficient (Wildman–Crippen LogP) is 2.83. The van der Waals surface area contributed by atoms with Gasteiger partial charge in [0.15, 0.2) is 0 Å². The van der Waals surface area contributed by atoms with Crippen LogP contribution in [0.3, 0.4) is 0 Å². The summed E-state index contributed by atoms with van der Waals surface area (Å²) < 4.78 is 0. The van der Waals surface area contributed by atoms with Crippen molar-refractivity contribution in [3.63, 3.8) is 0 Å². The van der Waals surface area contributed by atoms with E-state index >= 15 is 0 Å². The first-order valence-electron chi connectivity index (χ1n) is 7.17. The van der Waals surface area contributed by atoms with Crippen LogP contribution in [0.4, 0.5) is 5.69 Å². The molecule has 1 aromatic carbocycles. The molecule has 0 spiro atoms. The topological polar surface area (TPSA) is 65.2 Å². The third-order valence-electron chi connectivity index (χ3n) is 3.66. The lowest BCUT2D eigenvalue weighted by molar-refractivity contribution is -0.120. The van der Waals surface area contributed by atoms with Crippen LogP contribution in [0.25, 0.3) is 10.8 Å². The third kappa shape index (κ3) is 3.18. The van der Waals surface area contributed by atoms with Gasteiger partial charge in [-0.1, -0.05) is 0 Å². The molecule has 0 saturated heterocycles. The number of rotatable bonds is 4. The Labute approximate surface area is 137 Å². The zero-order valence-corrected chi connectivity index (χ0v) is 13.7. The molecule has 23 heavy (non-hydrogen) atoms. The van der Waals surface area contributed by atoms with Crippen LogP contribution in [0.2, 0.25) is 0 Å². The molecule has 0 aliphatic heterocycles. The molecule has 0 saturated carbocycles. The number of fused-ring (bicyclic) bond motifs is 1. The summed E-state index contributed by atoms with van der Waals surface area (Å²) in [4.78, 5) is 28.9. The number of pyridine rings is 1. The fraction of sp³-hybridized carbons (Fsp3) is 0.176. The molecule has 0 radical (unpaired) electrons. The first-order valence-corrected chi connectivity index (χ1v) is 8.11. The Bertz CT molecular complexity index is 884. The van der Waals surface area contributed by atoms with Crippen molar-refractivity contribution in [2.45, 2.75) is 6.04 Å². The van der Waals surface area contributed by atoms with Crippen LogP contribution in [0.15, 0.2) is 52.1 Å². The number of amides is 1. The Morgan fingerprint density at radius 2 is 2.09 bits per heavy atom. The van der Waals surface area contributed by atoms with Crippen molar-refractivity contribution in [2.24, 2.45) is 0 Å². The lowest BCUT2D eigenvalue weighted by Crippen LogP contribution is -2.31. The first-order chi connectivity index (χ1) is 11.1. The fourth-order valence-electron chi connectivity index (χ4n) is 2.60. The molecule has 2 N–H and O–H groups in total. The highest BCUT2D eigenvalue weighted by Crippen LogP contribution is 2.23. The molecule has 0 aliphatic rings. The van der Waals surface area contributed by atoms with Crippen LogP contribution in [-0.2, 0) is 4.79 Å². The van der Waals surface area contributed by atoms with E-state index in [2.05, 4.69) is 10.3 Å². The summed E-state index contributed by atoms with van der Waals surface area (Å²) in [5, 5.41) is 8.27. The highest BCUT2D eigenvalue weighted by molar-refractivity contribution is 7.08. The third-order valence-corrected chi connectivity index (χ3v) is 4.37. The van der Waals surface area contributed by atoms with E-state index in [1.807, 2.05) is 48.0 Å². The van der Waals surface area contributed by atoms with Gasteiger partial charge in [-0.3, -0.25) is 14.5 Å². The molecule has 2 aromatic heterocycles. The number of thiophene rings is 1. The minimum atomic E-state index is -0.351. The number of nitrogens with one attached hydrogen (secondary N) is 2. The number of hydrogen-bond donors (Lipinski definition) is 2.